The molecule has 0 spiro atoms. The highest BCUT2D eigenvalue weighted by atomic mass is 16.6. The van der Waals surface area contributed by atoms with Gasteiger partial charge in [-0.2, -0.15) is 0 Å². The first-order chi connectivity index (χ1) is 17.8. The molecule has 9 heteroatoms. The molecule has 0 fully saturated rings. The fraction of sp³-hybridized carbons (Fsp3) is 0.586. The minimum absolute atomic E-state index is 0.0129. The van der Waals surface area contributed by atoms with Crippen LogP contribution in [0.4, 0.5) is 4.79 Å². The van der Waals surface area contributed by atoms with Gasteiger partial charge in [-0.25, -0.2) is 4.79 Å². The number of amides is 3. The van der Waals surface area contributed by atoms with E-state index in [1.807, 2.05) is 20.8 Å². The zero-order chi connectivity index (χ0) is 28.9. The maximum atomic E-state index is 14.0. The third kappa shape index (κ3) is 10.8. The van der Waals surface area contributed by atoms with E-state index in [2.05, 4.69) is 16.6 Å². The molecule has 1 aromatic carbocycles. The lowest BCUT2D eigenvalue weighted by Gasteiger charge is -2.35. The molecule has 2 atom stereocenters. The van der Waals surface area contributed by atoms with E-state index in [4.69, 9.17) is 15.9 Å². The Morgan fingerprint density at radius 1 is 1.11 bits per heavy atom. The monoisotopic (exact) mass is 529 g/mol. The average molecular weight is 530 g/mol. The fourth-order valence-corrected chi connectivity index (χ4v) is 3.89. The van der Waals surface area contributed by atoms with Crippen LogP contribution in [0.15, 0.2) is 24.3 Å². The van der Waals surface area contributed by atoms with Crippen LogP contribution in [0.3, 0.4) is 0 Å². The predicted molar refractivity (Wildman–Crippen MR) is 146 cm³/mol. The minimum atomic E-state index is -1.08. The zero-order valence-corrected chi connectivity index (χ0v) is 23.8. The number of hydrogen-bond acceptors (Lipinski definition) is 6. The summed E-state index contributed by atoms with van der Waals surface area (Å²) in [6.45, 7) is 13.2. The molecule has 210 valence electrons. The number of alkyl carbamates (subject to hydrolysis) is 1. The summed E-state index contributed by atoms with van der Waals surface area (Å²) in [5.74, 6) is 1.31. The molecular weight excluding hydrogens is 486 g/mol. The molecule has 2 unspecified atom stereocenters. The van der Waals surface area contributed by atoms with Crippen molar-refractivity contribution in [2.45, 2.75) is 85.4 Å². The Morgan fingerprint density at radius 2 is 1.76 bits per heavy atom. The zero-order valence-electron chi connectivity index (χ0n) is 23.8. The van der Waals surface area contributed by atoms with Crippen LogP contribution in [-0.4, -0.2) is 60.1 Å². The average Bonchev–Trinajstić information content (AvgIpc) is 2.82. The lowest BCUT2D eigenvalue weighted by atomic mass is 9.96. The van der Waals surface area contributed by atoms with E-state index in [9.17, 15) is 19.2 Å². The maximum Gasteiger partial charge on any atom is 0.408 e. The summed E-state index contributed by atoms with van der Waals surface area (Å²) in [7, 11) is 0. The third-order valence-corrected chi connectivity index (χ3v) is 5.35. The van der Waals surface area contributed by atoms with Gasteiger partial charge in [0.2, 0.25) is 11.8 Å². The molecule has 0 aliphatic heterocycles. The number of benzene rings is 1. The van der Waals surface area contributed by atoms with Crippen molar-refractivity contribution in [1.29, 1.82) is 0 Å². The summed E-state index contributed by atoms with van der Waals surface area (Å²) < 4.78 is 10.3. The summed E-state index contributed by atoms with van der Waals surface area (Å²) in [4.78, 5) is 53.4. The number of nitrogens with zero attached hydrogens (tertiary/aromatic N) is 1. The molecule has 3 amide bonds. The van der Waals surface area contributed by atoms with E-state index in [1.165, 1.54) is 4.90 Å². The fourth-order valence-electron chi connectivity index (χ4n) is 3.89. The SMILES string of the molecule is C#Cc1ccccc1C(C(=O)NCCC(=O)OCC)N(CCC)C(=O)C(CC(C)C)NC(=O)OC(C)(C)C. The van der Waals surface area contributed by atoms with E-state index >= 15 is 0 Å². The Bertz CT molecular complexity index is 993. The Balaban J connectivity index is 3.44. The third-order valence-electron chi connectivity index (χ3n) is 5.35. The van der Waals surface area contributed by atoms with Crippen molar-refractivity contribution in [2.24, 2.45) is 5.92 Å². The van der Waals surface area contributed by atoms with Crippen molar-refractivity contribution in [3.63, 3.8) is 0 Å². The van der Waals surface area contributed by atoms with Gasteiger partial charge in [0.05, 0.1) is 13.0 Å². The van der Waals surface area contributed by atoms with Crippen molar-refractivity contribution in [3.05, 3.63) is 35.4 Å². The Hall–Kier alpha value is -3.54. The quantitative estimate of drug-likeness (QED) is 0.295. The summed E-state index contributed by atoms with van der Waals surface area (Å²) in [5, 5.41) is 5.46. The molecule has 0 saturated carbocycles. The van der Waals surface area contributed by atoms with Gasteiger partial charge in [0.15, 0.2) is 0 Å². The maximum absolute atomic E-state index is 14.0. The second-order valence-corrected chi connectivity index (χ2v) is 10.3. The number of rotatable bonds is 13. The lowest BCUT2D eigenvalue weighted by molar-refractivity contribution is -0.144. The number of terminal acetylenes is 1. The Labute approximate surface area is 227 Å². The van der Waals surface area contributed by atoms with Crippen LogP contribution >= 0.6 is 0 Å². The molecule has 0 bridgehead atoms. The number of ether oxygens (including phenoxy) is 2. The molecule has 0 heterocycles. The number of carbonyl (C=O) groups is 4. The highest BCUT2D eigenvalue weighted by Crippen LogP contribution is 2.27. The highest BCUT2D eigenvalue weighted by Gasteiger charge is 2.37. The van der Waals surface area contributed by atoms with Crippen molar-refractivity contribution in [2.75, 3.05) is 19.7 Å². The molecule has 0 aliphatic carbocycles. The second kappa shape index (κ2) is 15.7. The van der Waals surface area contributed by atoms with Crippen LogP contribution in [0.1, 0.15) is 84.9 Å². The lowest BCUT2D eigenvalue weighted by Crippen LogP contribution is -2.53. The van der Waals surface area contributed by atoms with Crippen molar-refractivity contribution < 1.29 is 28.7 Å². The number of esters is 1. The van der Waals surface area contributed by atoms with E-state index in [-0.39, 0.29) is 32.0 Å². The molecule has 38 heavy (non-hydrogen) atoms. The van der Waals surface area contributed by atoms with Gasteiger partial charge in [-0.05, 0) is 58.1 Å². The van der Waals surface area contributed by atoms with Crippen LogP contribution in [0.25, 0.3) is 0 Å². The van der Waals surface area contributed by atoms with Gasteiger partial charge < -0.3 is 25.0 Å². The van der Waals surface area contributed by atoms with E-state index < -0.39 is 41.6 Å². The van der Waals surface area contributed by atoms with Crippen molar-refractivity contribution >= 4 is 23.9 Å². The first kappa shape index (κ1) is 32.5. The molecule has 1 rings (SSSR count). The number of carbonyl (C=O) groups excluding carboxylic acids is 4. The van der Waals surface area contributed by atoms with Crippen molar-refractivity contribution in [1.82, 2.24) is 15.5 Å². The molecule has 0 aromatic heterocycles. The van der Waals surface area contributed by atoms with Gasteiger partial charge in [0, 0.05) is 18.7 Å². The second-order valence-electron chi connectivity index (χ2n) is 10.3. The summed E-state index contributed by atoms with van der Waals surface area (Å²) in [5.41, 5.74) is 0.199. The van der Waals surface area contributed by atoms with Crippen molar-refractivity contribution in [3.8, 4) is 12.3 Å². The van der Waals surface area contributed by atoms with Crippen LogP contribution in [0.5, 0.6) is 0 Å². The van der Waals surface area contributed by atoms with E-state index in [0.29, 0.717) is 24.0 Å². The van der Waals surface area contributed by atoms with Crippen LogP contribution < -0.4 is 10.6 Å². The van der Waals surface area contributed by atoms with Gasteiger partial charge in [0.25, 0.3) is 0 Å². The molecule has 0 radical (unpaired) electrons. The molecule has 0 saturated heterocycles. The summed E-state index contributed by atoms with van der Waals surface area (Å²) >= 11 is 0. The summed E-state index contributed by atoms with van der Waals surface area (Å²) in [6, 6.07) is 4.91. The predicted octanol–water partition coefficient (Wildman–Crippen LogP) is 3.96. The van der Waals surface area contributed by atoms with Crippen LogP contribution in [-0.2, 0) is 23.9 Å². The first-order valence-electron chi connectivity index (χ1n) is 13.1. The van der Waals surface area contributed by atoms with Gasteiger partial charge >= 0.3 is 12.1 Å². The first-order valence-corrected chi connectivity index (χ1v) is 13.1. The van der Waals surface area contributed by atoms with Gasteiger partial charge in [-0.1, -0.05) is 44.9 Å². The molecule has 0 aliphatic rings. The minimum Gasteiger partial charge on any atom is -0.466 e. The standard InChI is InChI=1S/C29H43N3O6/c1-9-18-32(27(35)23(19-20(4)5)31-28(36)38-29(6,7)8)25(22-15-13-12-14-21(22)10-2)26(34)30-17-16-24(33)37-11-3/h2,12-15,20,23,25H,9,11,16-19H2,1,3-8H3,(H,30,34)(H,31,36). The number of hydrogen-bond donors (Lipinski definition) is 2. The largest absolute Gasteiger partial charge is 0.466 e. The Kier molecular flexibility index (Phi) is 13.4. The normalized spacial score (nSPS) is 12.6. The molecule has 2 N–H and O–H groups in total. The smallest absolute Gasteiger partial charge is 0.408 e. The molecule has 1 aromatic rings. The topological polar surface area (TPSA) is 114 Å². The summed E-state index contributed by atoms with van der Waals surface area (Å²) in [6.07, 6.45) is 5.91. The van der Waals surface area contributed by atoms with Crippen LogP contribution in [0.2, 0.25) is 0 Å². The van der Waals surface area contributed by atoms with Gasteiger partial charge in [-0.3, -0.25) is 14.4 Å². The highest BCUT2D eigenvalue weighted by molar-refractivity contribution is 5.92. The van der Waals surface area contributed by atoms with E-state index in [1.54, 1.807) is 52.0 Å². The molecular formula is C29H43N3O6. The van der Waals surface area contributed by atoms with Gasteiger partial charge in [0.1, 0.15) is 17.7 Å². The van der Waals surface area contributed by atoms with Gasteiger partial charge in [-0.15, -0.1) is 6.42 Å². The molecule has 9 nitrogen and oxygen atoms in total. The Morgan fingerprint density at radius 3 is 2.32 bits per heavy atom. The van der Waals surface area contributed by atoms with Crippen LogP contribution in [0, 0.1) is 18.3 Å². The number of nitrogens with one attached hydrogen (secondary N) is 2. The van der Waals surface area contributed by atoms with E-state index in [0.717, 1.165) is 0 Å².